The number of hydrogen-bond donors (Lipinski definition) is 0. The highest BCUT2D eigenvalue weighted by Crippen LogP contribution is 2.38. The van der Waals surface area contributed by atoms with Gasteiger partial charge in [-0.05, 0) is 77.0 Å². The van der Waals surface area contributed by atoms with Gasteiger partial charge in [0.15, 0.2) is 6.10 Å². The molecule has 2 atom stereocenters. The smallest absolute Gasteiger partial charge is 0.306 e. The summed E-state index contributed by atoms with van der Waals surface area (Å²) in [5.74, 6) is -0.881. The van der Waals surface area contributed by atoms with E-state index in [0.29, 0.717) is 23.9 Å². The van der Waals surface area contributed by atoms with E-state index in [2.05, 4.69) is 62.5 Å². The minimum Gasteiger partial charge on any atom is -0.756 e. The summed E-state index contributed by atoms with van der Waals surface area (Å²) in [6.07, 6.45) is 47.1. The number of carbonyl (C=O) groups is 2. The summed E-state index contributed by atoms with van der Waals surface area (Å²) in [6, 6.07) is 0. The van der Waals surface area contributed by atoms with Crippen molar-refractivity contribution in [2.75, 3.05) is 47.5 Å². The number of phosphoric ester groups is 1. The second-order valence-electron chi connectivity index (χ2n) is 16.8. The minimum atomic E-state index is -4.64. The lowest BCUT2D eigenvalue weighted by molar-refractivity contribution is -0.870. The lowest BCUT2D eigenvalue weighted by atomic mass is 10.1. The fraction of sp³-hybridized carbons (Fsp3) is 0.792. The van der Waals surface area contributed by atoms with Gasteiger partial charge in [0.25, 0.3) is 7.82 Å². The van der Waals surface area contributed by atoms with E-state index in [1.54, 1.807) is 0 Å². The van der Waals surface area contributed by atoms with Crippen molar-refractivity contribution in [1.29, 1.82) is 0 Å². The first-order valence-corrected chi connectivity index (χ1v) is 24.8. The highest BCUT2D eigenvalue weighted by atomic mass is 31.2. The Morgan fingerprint density at radius 2 is 0.931 bits per heavy atom. The summed E-state index contributed by atoms with van der Waals surface area (Å²) in [6.45, 7) is 4.15. The quantitative estimate of drug-likeness (QED) is 0.0196. The molecule has 0 aliphatic heterocycles. The summed E-state index contributed by atoms with van der Waals surface area (Å²) in [5, 5.41) is 0. The van der Waals surface area contributed by atoms with E-state index < -0.39 is 32.5 Å². The second kappa shape index (κ2) is 40.4. The van der Waals surface area contributed by atoms with E-state index in [4.69, 9.17) is 18.5 Å². The zero-order chi connectivity index (χ0) is 42.8. The molecule has 0 spiro atoms. The first-order valence-electron chi connectivity index (χ1n) is 23.3. The molecule has 0 fully saturated rings. The Labute approximate surface area is 356 Å². The SMILES string of the molecule is CCCCC/C=C/C/C=C/C/C=C/CCCCC(=O)OC[C@H](COP(=O)([O-])OCC[N+](C)(C)C)OC(=O)CCCCCCCCCCC/C=C/CCCCCCCC. The number of allylic oxidation sites excluding steroid dienone is 8. The van der Waals surface area contributed by atoms with Crippen LogP contribution in [0.5, 0.6) is 0 Å². The van der Waals surface area contributed by atoms with E-state index in [0.717, 1.165) is 51.4 Å². The van der Waals surface area contributed by atoms with Gasteiger partial charge >= 0.3 is 11.9 Å². The van der Waals surface area contributed by atoms with Crippen LogP contribution in [0.15, 0.2) is 48.6 Å². The summed E-state index contributed by atoms with van der Waals surface area (Å²) in [5.41, 5.74) is 0. The first-order chi connectivity index (χ1) is 28.0. The zero-order valence-corrected chi connectivity index (χ0v) is 38.9. The monoisotopic (exact) mass is 838 g/mol. The molecule has 0 saturated heterocycles. The number of esters is 2. The van der Waals surface area contributed by atoms with Crippen LogP contribution in [0.3, 0.4) is 0 Å². The Bertz CT molecular complexity index is 1130. The molecule has 9 nitrogen and oxygen atoms in total. The van der Waals surface area contributed by atoms with Crippen molar-refractivity contribution < 1.29 is 42.1 Å². The number of unbranched alkanes of at least 4 members (excludes halogenated alkanes) is 20. The summed E-state index contributed by atoms with van der Waals surface area (Å²) >= 11 is 0. The molecule has 0 aliphatic carbocycles. The average molecular weight is 838 g/mol. The van der Waals surface area contributed by atoms with Crippen molar-refractivity contribution in [3.63, 3.8) is 0 Å². The number of quaternary nitrogens is 1. The summed E-state index contributed by atoms with van der Waals surface area (Å²) in [4.78, 5) is 37.6. The van der Waals surface area contributed by atoms with E-state index >= 15 is 0 Å². The van der Waals surface area contributed by atoms with E-state index in [9.17, 15) is 19.0 Å². The third-order valence-corrected chi connectivity index (χ3v) is 10.8. The Hall–Kier alpha value is -2.03. The number of nitrogens with zero attached hydrogens (tertiary/aromatic N) is 1. The molecule has 0 radical (unpaired) electrons. The van der Waals surface area contributed by atoms with Crippen LogP contribution < -0.4 is 4.89 Å². The molecule has 0 amide bonds. The van der Waals surface area contributed by atoms with Crippen LogP contribution in [-0.2, 0) is 32.7 Å². The molecule has 0 aromatic heterocycles. The highest BCUT2D eigenvalue weighted by molar-refractivity contribution is 7.45. The second-order valence-corrected chi connectivity index (χ2v) is 18.2. The first kappa shape index (κ1) is 56.0. The maximum absolute atomic E-state index is 12.7. The standard InChI is InChI=1S/C48H88NO8P/c1-6-8-10-12-14-16-18-20-22-23-24-25-27-29-31-33-35-37-39-41-48(51)57-46(45-56-58(52,53)55-43-42-49(3,4)5)44-54-47(50)40-38-36-34-32-30-28-26-21-19-17-15-13-11-9-7-2/h15,17,20-22,26,30,32,46H,6-14,16,18-19,23-25,27-29,31,33-45H2,1-5H3/b17-15+,22-20+,26-21+,32-30+/t46-/m1/s1. The molecule has 0 rings (SSSR count). The molecular weight excluding hydrogens is 750 g/mol. The fourth-order valence-electron chi connectivity index (χ4n) is 6.13. The number of hydrogen-bond acceptors (Lipinski definition) is 8. The topological polar surface area (TPSA) is 111 Å². The van der Waals surface area contributed by atoms with Crippen LogP contribution in [0.4, 0.5) is 0 Å². The van der Waals surface area contributed by atoms with Crippen molar-refractivity contribution in [3.8, 4) is 0 Å². The molecule has 10 heteroatoms. The van der Waals surface area contributed by atoms with Crippen molar-refractivity contribution >= 4 is 19.8 Å². The van der Waals surface area contributed by atoms with Crippen molar-refractivity contribution in [1.82, 2.24) is 0 Å². The number of phosphoric acid groups is 1. The molecule has 0 saturated carbocycles. The van der Waals surface area contributed by atoms with Gasteiger partial charge in [0.1, 0.15) is 19.8 Å². The minimum absolute atomic E-state index is 0.0382. The Morgan fingerprint density at radius 1 is 0.534 bits per heavy atom. The number of ether oxygens (including phenoxy) is 2. The molecule has 0 N–H and O–H groups in total. The fourth-order valence-corrected chi connectivity index (χ4v) is 6.85. The normalized spacial score (nSPS) is 14.0. The Morgan fingerprint density at radius 3 is 1.47 bits per heavy atom. The summed E-state index contributed by atoms with van der Waals surface area (Å²) < 4.78 is 33.9. The molecule has 0 bridgehead atoms. The van der Waals surface area contributed by atoms with Gasteiger partial charge in [-0.15, -0.1) is 0 Å². The van der Waals surface area contributed by atoms with Crippen molar-refractivity contribution in [2.45, 2.75) is 200 Å². The number of likely N-dealkylation sites (N-methyl/N-ethyl adjacent to an activating group) is 1. The van der Waals surface area contributed by atoms with Crippen LogP contribution >= 0.6 is 7.82 Å². The van der Waals surface area contributed by atoms with Crippen LogP contribution in [0, 0.1) is 0 Å². The molecule has 0 aliphatic rings. The molecule has 0 heterocycles. The highest BCUT2D eigenvalue weighted by Gasteiger charge is 2.21. The van der Waals surface area contributed by atoms with Crippen molar-refractivity contribution in [2.24, 2.45) is 0 Å². The Kier molecular flexibility index (Phi) is 39.0. The van der Waals surface area contributed by atoms with Gasteiger partial charge in [0.05, 0.1) is 27.7 Å². The molecule has 58 heavy (non-hydrogen) atoms. The van der Waals surface area contributed by atoms with Crippen LogP contribution in [-0.4, -0.2) is 70.0 Å². The molecule has 1 unspecified atom stereocenters. The predicted octanol–water partition coefficient (Wildman–Crippen LogP) is 12.8. The predicted molar refractivity (Wildman–Crippen MR) is 240 cm³/mol. The third-order valence-electron chi connectivity index (χ3n) is 9.82. The van der Waals surface area contributed by atoms with Gasteiger partial charge < -0.3 is 27.9 Å². The van der Waals surface area contributed by atoms with Gasteiger partial charge in [-0.1, -0.05) is 152 Å². The van der Waals surface area contributed by atoms with E-state index in [1.807, 2.05) is 21.1 Å². The third kappa shape index (κ3) is 43.5. The summed E-state index contributed by atoms with van der Waals surface area (Å²) in [7, 11) is 1.14. The average Bonchev–Trinajstić information content (AvgIpc) is 3.17. The van der Waals surface area contributed by atoms with Gasteiger partial charge in [0, 0.05) is 12.8 Å². The van der Waals surface area contributed by atoms with Gasteiger partial charge in [-0.3, -0.25) is 14.2 Å². The Balaban J connectivity index is 4.37. The molecule has 0 aromatic rings. The molecule has 338 valence electrons. The van der Waals surface area contributed by atoms with Crippen molar-refractivity contribution in [3.05, 3.63) is 48.6 Å². The zero-order valence-electron chi connectivity index (χ0n) is 38.0. The largest absolute Gasteiger partial charge is 0.756 e. The number of rotatable bonds is 42. The van der Waals surface area contributed by atoms with Gasteiger partial charge in [0.2, 0.25) is 0 Å². The maximum atomic E-state index is 12.7. The lowest BCUT2D eigenvalue weighted by Gasteiger charge is -2.28. The molecular formula is C48H88NO8P. The number of carbonyl (C=O) groups excluding carboxylic acids is 2. The van der Waals surface area contributed by atoms with E-state index in [-0.39, 0.29) is 26.1 Å². The maximum Gasteiger partial charge on any atom is 0.306 e. The molecule has 0 aromatic carbocycles. The van der Waals surface area contributed by atoms with Gasteiger partial charge in [-0.25, -0.2) is 0 Å². The van der Waals surface area contributed by atoms with E-state index in [1.165, 1.54) is 103 Å². The van der Waals surface area contributed by atoms with Crippen LogP contribution in [0.25, 0.3) is 0 Å². The van der Waals surface area contributed by atoms with Gasteiger partial charge in [-0.2, -0.15) is 0 Å². The van der Waals surface area contributed by atoms with Crippen LogP contribution in [0.1, 0.15) is 194 Å². The lowest BCUT2D eigenvalue weighted by Crippen LogP contribution is -2.37. The van der Waals surface area contributed by atoms with Crippen LogP contribution in [0.2, 0.25) is 0 Å².